The van der Waals surface area contributed by atoms with E-state index in [-0.39, 0.29) is 12.0 Å². The lowest BCUT2D eigenvalue weighted by Crippen LogP contribution is -2.44. The van der Waals surface area contributed by atoms with Gasteiger partial charge >= 0.3 is 0 Å². The molecular formula is C17H18BrN3O3. The van der Waals surface area contributed by atoms with E-state index in [0.717, 1.165) is 23.9 Å². The topological polar surface area (TPSA) is 64.6 Å². The number of halogens is 1. The second-order valence-electron chi connectivity index (χ2n) is 5.48. The average Bonchev–Trinajstić information content (AvgIpc) is 2.62. The highest BCUT2D eigenvalue weighted by molar-refractivity contribution is 9.10. The van der Waals surface area contributed by atoms with Crippen molar-refractivity contribution >= 4 is 21.8 Å². The molecule has 0 bridgehead atoms. The van der Waals surface area contributed by atoms with Crippen LogP contribution >= 0.6 is 15.9 Å². The van der Waals surface area contributed by atoms with Crippen LogP contribution in [-0.4, -0.2) is 47.1 Å². The smallest absolute Gasteiger partial charge is 0.278 e. The number of nitrogens with zero attached hydrogens (tertiary/aromatic N) is 3. The number of benzene rings is 1. The van der Waals surface area contributed by atoms with E-state index >= 15 is 0 Å². The zero-order valence-corrected chi connectivity index (χ0v) is 14.9. The Morgan fingerprint density at radius 1 is 1.25 bits per heavy atom. The summed E-state index contributed by atoms with van der Waals surface area (Å²) in [4.78, 5) is 22.8. The number of hydrogen-bond donors (Lipinski definition) is 0. The molecule has 1 atom stereocenters. The van der Waals surface area contributed by atoms with Crippen molar-refractivity contribution < 1.29 is 14.3 Å². The number of rotatable bonds is 4. The first-order chi connectivity index (χ1) is 11.7. The minimum absolute atomic E-state index is 0.00175. The summed E-state index contributed by atoms with van der Waals surface area (Å²) in [6.07, 6.45) is 4.72. The second kappa shape index (κ2) is 7.61. The van der Waals surface area contributed by atoms with Crippen molar-refractivity contribution in [2.75, 3.05) is 20.2 Å². The third-order valence-electron chi connectivity index (χ3n) is 3.87. The van der Waals surface area contributed by atoms with E-state index in [2.05, 4.69) is 25.9 Å². The van der Waals surface area contributed by atoms with E-state index in [0.29, 0.717) is 23.9 Å². The Labute approximate surface area is 148 Å². The molecule has 1 aliphatic heterocycles. The number of methoxy groups -OCH3 is 1. The van der Waals surface area contributed by atoms with Crippen LogP contribution in [0.25, 0.3) is 0 Å². The van der Waals surface area contributed by atoms with Gasteiger partial charge in [-0.3, -0.25) is 4.79 Å². The summed E-state index contributed by atoms with van der Waals surface area (Å²) in [6.45, 7) is 1.23. The van der Waals surface area contributed by atoms with Crippen molar-refractivity contribution in [3.8, 4) is 11.8 Å². The molecule has 24 heavy (non-hydrogen) atoms. The van der Waals surface area contributed by atoms with Crippen LogP contribution in [-0.2, 0) is 0 Å². The molecule has 3 rings (SSSR count). The fourth-order valence-electron chi connectivity index (χ4n) is 2.72. The fourth-order valence-corrected chi connectivity index (χ4v) is 3.17. The quantitative estimate of drug-likeness (QED) is 0.801. The molecule has 126 valence electrons. The minimum atomic E-state index is -0.129. The zero-order chi connectivity index (χ0) is 16.9. The number of aromatic nitrogens is 2. The van der Waals surface area contributed by atoms with Gasteiger partial charge in [-0.15, -0.1) is 0 Å². The molecule has 1 fully saturated rings. The van der Waals surface area contributed by atoms with Crippen molar-refractivity contribution in [2.24, 2.45) is 0 Å². The largest absolute Gasteiger partial charge is 0.477 e. The van der Waals surface area contributed by atoms with Gasteiger partial charge in [0, 0.05) is 23.4 Å². The summed E-state index contributed by atoms with van der Waals surface area (Å²) in [5.41, 5.74) is 0.662. The van der Waals surface area contributed by atoms with Gasteiger partial charge in [0.2, 0.25) is 0 Å². The number of amides is 1. The van der Waals surface area contributed by atoms with E-state index in [1.54, 1.807) is 12.4 Å². The van der Waals surface area contributed by atoms with Crippen LogP contribution in [0.15, 0.2) is 41.1 Å². The molecule has 2 aromatic rings. The maximum atomic E-state index is 12.7. The highest BCUT2D eigenvalue weighted by atomic mass is 79.9. The van der Waals surface area contributed by atoms with E-state index in [4.69, 9.17) is 9.47 Å². The van der Waals surface area contributed by atoms with Crippen LogP contribution in [0.2, 0.25) is 0 Å². The van der Waals surface area contributed by atoms with Crippen LogP contribution in [0.4, 0.5) is 0 Å². The van der Waals surface area contributed by atoms with E-state index in [9.17, 15) is 4.79 Å². The molecule has 0 radical (unpaired) electrons. The minimum Gasteiger partial charge on any atom is -0.477 e. The van der Waals surface area contributed by atoms with Crippen LogP contribution in [0.5, 0.6) is 11.8 Å². The summed E-state index contributed by atoms with van der Waals surface area (Å²) >= 11 is 3.44. The molecule has 2 heterocycles. The highest BCUT2D eigenvalue weighted by Crippen LogP contribution is 2.25. The third-order valence-corrected chi connectivity index (χ3v) is 4.57. The molecule has 1 saturated heterocycles. The Hall–Kier alpha value is -2.15. The van der Waals surface area contributed by atoms with Crippen molar-refractivity contribution in [2.45, 2.75) is 18.9 Å². The summed E-state index contributed by atoms with van der Waals surface area (Å²) in [5.74, 6) is 0.717. The molecule has 6 nitrogen and oxygen atoms in total. The van der Waals surface area contributed by atoms with Gasteiger partial charge in [-0.25, -0.2) is 9.97 Å². The third kappa shape index (κ3) is 3.67. The molecule has 0 aliphatic carbocycles. The summed E-state index contributed by atoms with van der Waals surface area (Å²) in [5, 5.41) is 0. The molecule has 1 aromatic heterocycles. The standard InChI is InChI=1S/C17H18BrN3O3/c1-23-15-16(20-9-8-19-15)24-12-5-4-10-21(11-12)17(22)13-6-2-3-7-14(13)18/h2-3,6-9,12H,4-5,10-11H2,1H3. The molecule has 0 spiro atoms. The number of likely N-dealkylation sites (tertiary alicyclic amines) is 1. The Bertz CT molecular complexity index is 726. The lowest BCUT2D eigenvalue weighted by molar-refractivity contribution is 0.0518. The van der Waals surface area contributed by atoms with Crippen molar-refractivity contribution in [3.63, 3.8) is 0 Å². The van der Waals surface area contributed by atoms with E-state index < -0.39 is 0 Å². The van der Waals surface area contributed by atoms with E-state index in [1.165, 1.54) is 7.11 Å². The molecule has 7 heteroatoms. The Balaban J connectivity index is 1.70. The normalized spacial score (nSPS) is 17.4. The average molecular weight is 392 g/mol. The van der Waals surface area contributed by atoms with Gasteiger partial charge in [0.25, 0.3) is 17.7 Å². The predicted molar refractivity (Wildman–Crippen MR) is 92.3 cm³/mol. The number of hydrogen-bond acceptors (Lipinski definition) is 5. The van der Waals surface area contributed by atoms with Crippen LogP contribution in [0.1, 0.15) is 23.2 Å². The number of carbonyl (C=O) groups excluding carboxylic acids is 1. The molecule has 1 aliphatic rings. The monoisotopic (exact) mass is 391 g/mol. The van der Waals surface area contributed by atoms with Gasteiger partial charge in [0.05, 0.1) is 19.2 Å². The van der Waals surface area contributed by atoms with Crippen LogP contribution in [0, 0.1) is 0 Å². The van der Waals surface area contributed by atoms with Crippen molar-refractivity contribution in [3.05, 3.63) is 46.7 Å². The fraction of sp³-hybridized carbons (Fsp3) is 0.353. The van der Waals surface area contributed by atoms with Crippen molar-refractivity contribution in [1.82, 2.24) is 14.9 Å². The first kappa shape index (κ1) is 16.7. The Kier molecular flexibility index (Phi) is 5.30. The zero-order valence-electron chi connectivity index (χ0n) is 13.3. The lowest BCUT2D eigenvalue weighted by atomic mass is 10.1. The van der Waals surface area contributed by atoms with E-state index in [1.807, 2.05) is 29.2 Å². The Morgan fingerprint density at radius 3 is 2.75 bits per heavy atom. The van der Waals surface area contributed by atoms with Gasteiger partial charge in [-0.1, -0.05) is 12.1 Å². The molecule has 1 unspecified atom stereocenters. The lowest BCUT2D eigenvalue weighted by Gasteiger charge is -2.33. The first-order valence-electron chi connectivity index (χ1n) is 7.74. The summed E-state index contributed by atoms with van der Waals surface area (Å²) in [7, 11) is 1.53. The van der Waals surface area contributed by atoms with Gasteiger partial charge in [0.1, 0.15) is 6.10 Å². The number of ether oxygens (including phenoxy) is 2. The number of carbonyl (C=O) groups is 1. The molecule has 1 aromatic carbocycles. The SMILES string of the molecule is COc1nccnc1OC1CCCN(C(=O)c2ccccc2Br)C1. The first-order valence-corrected chi connectivity index (χ1v) is 8.54. The second-order valence-corrected chi connectivity index (χ2v) is 6.34. The Morgan fingerprint density at radius 2 is 2.00 bits per heavy atom. The molecule has 1 amide bonds. The number of piperidine rings is 1. The van der Waals surface area contributed by atoms with Crippen molar-refractivity contribution in [1.29, 1.82) is 0 Å². The van der Waals surface area contributed by atoms with Gasteiger partial charge < -0.3 is 14.4 Å². The van der Waals surface area contributed by atoms with Gasteiger partial charge in [-0.2, -0.15) is 0 Å². The highest BCUT2D eigenvalue weighted by Gasteiger charge is 2.27. The van der Waals surface area contributed by atoms with Gasteiger partial charge in [-0.05, 0) is 40.9 Å². The van der Waals surface area contributed by atoms with Crippen LogP contribution in [0.3, 0.4) is 0 Å². The molecular weight excluding hydrogens is 374 g/mol. The predicted octanol–water partition coefficient (Wildman–Crippen LogP) is 2.93. The maximum Gasteiger partial charge on any atom is 0.278 e. The van der Waals surface area contributed by atoms with Crippen LogP contribution < -0.4 is 9.47 Å². The summed E-state index contributed by atoms with van der Waals surface area (Å²) in [6, 6.07) is 7.45. The molecule has 0 N–H and O–H groups in total. The van der Waals surface area contributed by atoms with Gasteiger partial charge in [0.15, 0.2) is 0 Å². The summed E-state index contributed by atoms with van der Waals surface area (Å²) < 4.78 is 11.9. The maximum absolute atomic E-state index is 12.7. The molecule has 0 saturated carbocycles.